The molecule has 1 atom stereocenters. The van der Waals surface area contributed by atoms with Crippen LogP contribution in [0.25, 0.3) is 0 Å². The quantitative estimate of drug-likeness (QED) is 0.859. The van der Waals surface area contributed by atoms with Crippen molar-refractivity contribution in [3.8, 4) is 5.75 Å². The fourth-order valence-electron chi connectivity index (χ4n) is 2.45. The number of carbonyl (C=O) groups excluding carboxylic acids is 1. The Bertz CT molecular complexity index is 536. The van der Waals surface area contributed by atoms with Gasteiger partial charge in [0.25, 0.3) is 0 Å². The second-order valence-corrected chi connectivity index (χ2v) is 5.10. The van der Waals surface area contributed by atoms with Crippen LogP contribution in [0.4, 0.5) is 0 Å². The average Bonchev–Trinajstić information content (AvgIpc) is 3.19. The number of ether oxygens (including phenoxy) is 1. The Labute approximate surface area is 110 Å². The first kappa shape index (κ1) is 12.0. The van der Waals surface area contributed by atoms with E-state index in [1.165, 1.54) is 0 Å². The molecular formula is C14H15NO4. The number of hydrogen-bond donors (Lipinski definition) is 2. The zero-order valence-electron chi connectivity index (χ0n) is 10.4. The highest BCUT2D eigenvalue weighted by Crippen LogP contribution is 2.38. The molecule has 19 heavy (non-hydrogen) atoms. The highest BCUT2D eigenvalue weighted by molar-refractivity contribution is 5.92. The van der Waals surface area contributed by atoms with E-state index in [2.05, 4.69) is 5.32 Å². The highest BCUT2D eigenvalue weighted by Gasteiger charge is 2.52. The third kappa shape index (κ3) is 2.05. The summed E-state index contributed by atoms with van der Waals surface area (Å²) in [6.07, 6.45) is 1.61. The molecule has 0 aromatic heterocycles. The van der Waals surface area contributed by atoms with Gasteiger partial charge in [-0.15, -0.1) is 0 Å². The molecule has 0 radical (unpaired) electrons. The molecular weight excluding hydrogens is 246 g/mol. The predicted octanol–water partition coefficient (Wildman–Crippen LogP) is 1.29. The summed E-state index contributed by atoms with van der Waals surface area (Å²) in [5.41, 5.74) is -0.183. The van der Waals surface area contributed by atoms with Crippen LogP contribution in [-0.4, -0.2) is 29.1 Å². The number of aliphatic carboxylic acids is 1. The minimum atomic E-state index is -1.02. The lowest BCUT2D eigenvalue weighted by atomic mass is 9.92. The molecule has 0 unspecified atom stereocenters. The van der Waals surface area contributed by atoms with E-state index in [1.54, 1.807) is 0 Å². The fraction of sp³-hybridized carbons (Fsp3) is 0.429. The normalized spacial score (nSPS) is 22.8. The molecule has 3 rings (SSSR count). The summed E-state index contributed by atoms with van der Waals surface area (Å²) in [5, 5.41) is 11.8. The third-order valence-electron chi connectivity index (χ3n) is 3.80. The van der Waals surface area contributed by atoms with Crippen molar-refractivity contribution in [2.75, 3.05) is 6.61 Å². The summed E-state index contributed by atoms with van der Waals surface area (Å²) in [6.45, 7) is 0.481. The first-order valence-corrected chi connectivity index (χ1v) is 6.39. The Hall–Kier alpha value is -2.04. The molecule has 1 saturated carbocycles. The Kier molecular flexibility index (Phi) is 2.69. The van der Waals surface area contributed by atoms with Crippen LogP contribution in [0.2, 0.25) is 0 Å². The van der Waals surface area contributed by atoms with Crippen molar-refractivity contribution < 1.29 is 19.4 Å². The lowest BCUT2D eigenvalue weighted by Gasteiger charge is -2.26. The van der Waals surface area contributed by atoms with Gasteiger partial charge in [-0.05, 0) is 25.3 Å². The van der Waals surface area contributed by atoms with Crippen molar-refractivity contribution >= 4 is 11.9 Å². The molecule has 0 saturated heterocycles. The van der Waals surface area contributed by atoms with E-state index in [1.807, 2.05) is 24.3 Å². The van der Waals surface area contributed by atoms with E-state index < -0.39 is 11.5 Å². The number of carbonyl (C=O) groups is 2. The van der Waals surface area contributed by atoms with Gasteiger partial charge in [-0.2, -0.15) is 0 Å². The minimum absolute atomic E-state index is 0.212. The van der Waals surface area contributed by atoms with Gasteiger partial charge < -0.3 is 15.2 Å². The topological polar surface area (TPSA) is 75.6 Å². The number of nitrogens with one attached hydrogen (secondary N) is 1. The van der Waals surface area contributed by atoms with Crippen molar-refractivity contribution in [2.45, 2.75) is 30.7 Å². The van der Waals surface area contributed by atoms with Crippen LogP contribution in [0.3, 0.4) is 0 Å². The third-order valence-corrected chi connectivity index (χ3v) is 3.80. The Balaban J connectivity index is 1.80. The van der Waals surface area contributed by atoms with Crippen LogP contribution in [-0.2, 0) is 9.59 Å². The number of carboxylic acid groups (broad SMARTS) is 1. The number of para-hydroxylation sites is 1. The van der Waals surface area contributed by atoms with Crippen LogP contribution in [0.1, 0.15) is 30.7 Å². The van der Waals surface area contributed by atoms with Gasteiger partial charge in [0, 0.05) is 5.56 Å². The molecule has 2 aliphatic rings. The number of amides is 1. The summed E-state index contributed by atoms with van der Waals surface area (Å²) in [5.74, 6) is -0.757. The first-order valence-electron chi connectivity index (χ1n) is 6.39. The summed E-state index contributed by atoms with van der Waals surface area (Å²) in [4.78, 5) is 23.4. The number of rotatable bonds is 3. The number of carboxylic acids is 1. The van der Waals surface area contributed by atoms with Gasteiger partial charge in [0.05, 0.1) is 12.5 Å². The van der Waals surface area contributed by atoms with E-state index in [-0.39, 0.29) is 11.8 Å². The molecule has 5 nitrogen and oxygen atoms in total. The van der Waals surface area contributed by atoms with Crippen molar-refractivity contribution in [3.05, 3.63) is 29.8 Å². The van der Waals surface area contributed by atoms with Gasteiger partial charge in [0.15, 0.2) is 0 Å². The molecule has 2 N–H and O–H groups in total. The predicted molar refractivity (Wildman–Crippen MR) is 67.0 cm³/mol. The van der Waals surface area contributed by atoms with E-state index in [0.29, 0.717) is 31.6 Å². The molecule has 5 heteroatoms. The molecule has 1 amide bonds. The van der Waals surface area contributed by atoms with Crippen LogP contribution in [0, 0.1) is 0 Å². The van der Waals surface area contributed by atoms with E-state index in [0.717, 1.165) is 5.56 Å². The maximum absolute atomic E-state index is 12.3. The smallest absolute Gasteiger partial charge is 0.329 e. The molecule has 1 aliphatic carbocycles. The zero-order chi connectivity index (χ0) is 13.5. The molecule has 0 spiro atoms. The maximum Gasteiger partial charge on any atom is 0.329 e. The Morgan fingerprint density at radius 3 is 2.74 bits per heavy atom. The number of benzene rings is 1. The van der Waals surface area contributed by atoms with Gasteiger partial charge in [-0.3, -0.25) is 4.79 Å². The summed E-state index contributed by atoms with van der Waals surface area (Å²) < 4.78 is 5.50. The SMILES string of the molecule is O=C(NC1(C(=O)O)CC1)[C@@H]1CCOc2ccccc21. The summed E-state index contributed by atoms with van der Waals surface area (Å²) >= 11 is 0. The minimum Gasteiger partial charge on any atom is -0.493 e. The van der Waals surface area contributed by atoms with Gasteiger partial charge in [0.1, 0.15) is 11.3 Å². The lowest BCUT2D eigenvalue weighted by Crippen LogP contribution is -2.45. The highest BCUT2D eigenvalue weighted by atomic mass is 16.5. The molecule has 1 heterocycles. The second kappa shape index (κ2) is 4.26. The van der Waals surface area contributed by atoms with Crippen LogP contribution >= 0.6 is 0 Å². The lowest BCUT2D eigenvalue weighted by molar-refractivity contribution is -0.143. The zero-order valence-corrected chi connectivity index (χ0v) is 10.4. The largest absolute Gasteiger partial charge is 0.493 e. The van der Waals surface area contributed by atoms with E-state index >= 15 is 0 Å². The molecule has 100 valence electrons. The molecule has 0 bridgehead atoms. The summed E-state index contributed by atoms with van der Waals surface area (Å²) in [6, 6.07) is 7.41. The van der Waals surface area contributed by atoms with Crippen LogP contribution in [0.5, 0.6) is 5.75 Å². The second-order valence-electron chi connectivity index (χ2n) is 5.10. The molecule has 1 aliphatic heterocycles. The molecule has 1 fully saturated rings. The van der Waals surface area contributed by atoms with Crippen molar-refractivity contribution in [3.63, 3.8) is 0 Å². The summed E-state index contributed by atoms with van der Waals surface area (Å²) in [7, 11) is 0. The van der Waals surface area contributed by atoms with Crippen molar-refractivity contribution in [2.24, 2.45) is 0 Å². The van der Waals surface area contributed by atoms with Gasteiger partial charge in [0.2, 0.25) is 5.91 Å². The fourth-order valence-corrected chi connectivity index (χ4v) is 2.45. The van der Waals surface area contributed by atoms with E-state index in [4.69, 9.17) is 9.84 Å². The Morgan fingerprint density at radius 2 is 2.05 bits per heavy atom. The van der Waals surface area contributed by atoms with Crippen LogP contribution < -0.4 is 10.1 Å². The number of hydrogen-bond acceptors (Lipinski definition) is 3. The van der Waals surface area contributed by atoms with Crippen LogP contribution in [0.15, 0.2) is 24.3 Å². The van der Waals surface area contributed by atoms with Gasteiger partial charge >= 0.3 is 5.97 Å². The average molecular weight is 261 g/mol. The van der Waals surface area contributed by atoms with Gasteiger partial charge in [-0.25, -0.2) is 4.79 Å². The first-order chi connectivity index (χ1) is 9.12. The number of fused-ring (bicyclic) bond motifs is 1. The van der Waals surface area contributed by atoms with Gasteiger partial charge in [-0.1, -0.05) is 18.2 Å². The maximum atomic E-state index is 12.3. The van der Waals surface area contributed by atoms with Crippen molar-refractivity contribution in [1.82, 2.24) is 5.32 Å². The molecule has 1 aromatic rings. The van der Waals surface area contributed by atoms with E-state index in [9.17, 15) is 9.59 Å². The Morgan fingerprint density at radius 1 is 1.32 bits per heavy atom. The monoisotopic (exact) mass is 261 g/mol. The standard InChI is InChI=1S/C14H15NO4/c16-12(15-14(6-7-14)13(17)18)10-5-8-19-11-4-2-1-3-9(10)11/h1-4,10H,5-8H2,(H,15,16)(H,17,18)/t10-/m1/s1. The molecule has 1 aromatic carbocycles. The van der Waals surface area contributed by atoms with Crippen molar-refractivity contribution in [1.29, 1.82) is 0 Å².